The Hall–Kier alpha value is -1.64. The molecule has 2 aromatic heterocycles. The second-order valence-corrected chi connectivity index (χ2v) is 4.29. The molecule has 0 saturated heterocycles. The van der Waals surface area contributed by atoms with Crippen LogP contribution in [0.5, 0.6) is 0 Å². The van der Waals surface area contributed by atoms with Crippen LogP contribution in [0, 0.1) is 3.57 Å². The Kier molecular flexibility index (Phi) is 2.77. The number of nitrogen functional groups attached to an aromatic ring is 1. The van der Waals surface area contributed by atoms with Crippen molar-refractivity contribution in [1.82, 2.24) is 14.8 Å². The number of rotatable bonds is 2. The zero-order valence-corrected chi connectivity index (χ0v) is 10.1. The summed E-state index contributed by atoms with van der Waals surface area (Å²) in [6.45, 7) is 0. The average Bonchev–Trinajstić information content (AvgIpc) is 2.64. The minimum atomic E-state index is -1.05. The zero-order chi connectivity index (χ0) is 11.7. The second kappa shape index (κ2) is 4.08. The highest BCUT2D eigenvalue weighted by molar-refractivity contribution is 14.1. The average molecular weight is 330 g/mol. The zero-order valence-electron chi connectivity index (χ0n) is 7.96. The van der Waals surface area contributed by atoms with E-state index in [0.717, 1.165) is 3.57 Å². The van der Waals surface area contributed by atoms with Crippen molar-refractivity contribution in [2.45, 2.75) is 0 Å². The van der Waals surface area contributed by atoms with Crippen molar-refractivity contribution in [2.75, 3.05) is 5.73 Å². The number of aromatic carboxylic acids is 1. The van der Waals surface area contributed by atoms with Crippen LogP contribution in [0.4, 0.5) is 5.69 Å². The molecule has 82 valence electrons. The van der Waals surface area contributed by atoms with Crippen LogP contribution < -0.4 is 5.73 Å². The van der Waals surface area contributed by atoms with Gasteiger partial charge in [0.15, 0.2) is 5.82 Å². The molecule has 2 heterocycles. The summed E-state index contributed by atoms with van der Waals surface area (Å²) >= 11 is 2.11. The summed E-state index contributed by atoms with van der Waals surface area (Å²) in [6, 6.07) is 1.36. The molecule has 0 unspecified atom stereocenters. The molecule has 0 bridgehead atoms. The fraction of sp³-hybridized carbons (Fsp3) is 0. The maximum absolute atomic E-state index is 10.7. The number of carbonyl (C=O) groups is 1. The fourth-order valence-corrected chi connectivity index (χ4v) is 1.59. The van der Waals surface area contributed by atoms with E-state index in [0.29, 0.717) is 5.82 Å². The normalized spacial score (nSPS) is 10.3. The monoisotopic (exact) mass is 330 g/mol. The van der Waals surface area contributed by atoms with Crippen LogP contribution in [0.15, 0.2) is 24.7 Å². The molecule has 2 aromatic rings. The number of carboxylic acid groups (broad SMARTS) is 1. The molecule has 0 fully saturated rings. The molecule has 0 aliphatic rings. The van der Waals surface area contributed by atoms with Crippen molar-refractivity contribution in [2.24, 2.45) is 0 Å². The van der Waals surface area contributed by atoms with Gasteiger partial charge in [-0.1, -0.05) is 0 Å². The number of halogens is 1. The van der Waals surface area contributed by atoms with E-state index in [2.05, 4.69) is 32.7 Å². The van der Waals surface area contributed by atoms with Gasteiger partial charge < -0.3 is 10.8 Å². The van der Waals surface area contributed by atoms with E-state index in [4.69, 9.17) is 10.8 Å². The van der Waals surface area contributed by atoms with Gasteiger partial charge in [-0.15, -0.1) is 0 Å². The van der Waals surface area contributed by atoms with E-state index in [-0.39, 0.29) is 11.3 Å². The summed E-state index contributed by atoms with van der Waals surface area (Å²) in [5.74, 6) is -0.631. The lowest BCUT2D eigenvalue weighted by Gasteiger charge is -2.04. The van der Waals surface area contributed by atoms with Gasteiger partial charge in [-0.25, -0.2) is 14.5 Å². The molecule has 0 aliphatic carbocycles. The molecule has 0 saturated carbocycles. The fourth-order valence-electron chi connectivity index (χ4n) is 1.20. The van der Waals surface area contributed by atoms with E-state index >= 15 is 0 Å². The van der Waals surface area contributed by atoms with Crippen molar-refractivity contribution in [3.8, 4) is 5.82 Å². The molecule has 0 amide bonds. The first-order valence-electron chi connectivity index (χ1n) is 4.27. The molecule has 0 atom stereocenters. The highest BCUT2D eigenvalue weighted by Crippen LogP contribution is 2.16. The summed E-state index contributed by atoms with van der Waals surface area (Å²) in [6.07, 6.45) is 4.66. The van der Waals surface area contributed by atoms with E-state index in [9.17, 15) is 4.79 Å². The van der Waals surface area contributed by atoms with Gasteiger partial charge in [-0.2, -0.15) is 5.10 Å². The van der Waals surface area contributed by atoms with Crippen LogP contribution in [0.25, 0.3) is 5.82 Å². The Labute approximate surface area is 104 Å². The highest BCUT2D eigenvalue weighted by Gasteiger charge is 2.09. The molecule has 6 nitrogen and oxygen atoms in total. The van der Waals surface area contributed by atoms with E-state index < -0.39 is 5.97 Å². The van der Waals surface area contributed by atoms with Crippen LogP contribution in [0.3, 0.4) is 0 Å². The first-order valence-corrected chi connectivity index (χ1v) is 5.35. The summed E-state index contributed by atoms with van der Waals surface area (Å²) in [5.41, 5.74) is 6.05. The maximum Gasteiger partial charge on any atom is 0.337 e. The van der Waals surface area contributed by atoms with Gasteiger partial charge in [0, 0.05) is 12.4 Å². The molecule has 2 rings (SSSR count). The van der Waals surface area contributed by atoms with Gasteiger partial charge in [0.25, 0.3) is 0 Å². The maximum atomic E-state index is 10.7. The van der Waals surface area contributed by atoms with Gasteiger partial charge >= 0.3 is 5.97 Å². The summed E-state index contributed by atoms with van der Waals surface area (Å²) in [4.78, 5) is 14.7. The number of carboxylic acids is 1. The van der Waals surface area contributed by atoms with Gasteiger partial charge in [0.05, 0.1) is 21.0 Å². The van der Waals surface area contributed by atoms with E-state index in [1.807, 2.05) is 0 Å². The van der Waals surface area contributed by atoms with Crippen molar-refractivity contribution < 1.29 is 9.90 Å². The van der Waals surface area contributed by atoms with Crippen LogP contribution in [0.2, 0.25) is 0 Å². The number of hydrogen-bond donors (Lipinski definition) is 2. The Bertz CT molecular complexity index is 552. The largest absolute Gasteiger partial charge is 0.478 e. The Morgan fingerprint density at radius 2 is 2.25 bits per heavy atom. The number of pyridine rings is 1. The minimum absolute atomic E-state index is 0.0584. The first-order chi connectivity index (χ1) is 7.58. The highest BCUT2D eigenvalue weighted by atomic mass is 127. The van der Waals surface area contributed by atoms with Gasteiger partial charge in [-0.3, -0.25) is 0 Å². The van der Waals surface area contributed by atoms with Crippen molar-refractivity contribution in [3.63, 3.8) is 0 Å². The molecule has 0 radical (unpaired) electrons. The van der Waals surface area contributed by atoms with Crippen molar-refractivity contribution in [3.05, 3.63) is 33.8 Å². The van der Waals surface area contributed by atoms with Gasteiger partial charge in [0.1, 0.15) is 0 Å². The predicted molar refractivity (Wildman–Crippen MR) is 65.4 cm³/mol. The third-order valence-electron chi connectivity index (χ3n) is 1.91. The number of hydrogen-bond acceptors (Lipinski definition) is 4. The third-order valence-corrected chi connectivity index (χ3v) is 2.47. The summed E-state index contributed by atoms with van der Waals surface area (Å²) in [5, 5.41) is 12.8. The summed E-state index contributed by atoms with van der Waals surface area (Å²) < 4.78 is 2.45. The van der Waals surface area contributed by atoms with Crippen molar-refractivity contribution in [1.29, 1.82) is 0 Å². The standard InChI is InChI=1S/C9H7IN4O2/c10-6-3-13-14(4-6)8-7(11)1-5(2-12-8)9(15)16/h1-4H,11H2,(H,15,16). The van der Waals surface area contributed by atoms with Crippen LogP contribution in [0.1, 0.15) is 10.4 Å². The Morgan fingerprint density at radius 3 is 2.75 bits per heavy atom. The molecular weight excluding hydrogens is 323 g/mol. The van der Waals surface area contributed by atoms with E-state index in [1.54, 1.807) is 12.4 Å². The van der Waals surface area contributed by atoms with E-state index in [1.165, 1.54) is 16.9 Å². The Morgan fingerprint density at radius 1 is 1.50 bits per heavy atom. The van der Waals surface area contributed by atoms with Crippen LogP contribution >= 0.6 is 22.6 Å². The van der Waals surface area contributed by atoms with Crippen LogP contribution in [-0.2, 0) is 0 Å². The number of aromatic nitrogens is 3. The number of nitrogens with zero attached hydrogens (tertiary/aromatic N) is 3. The minimum Gasteiger partial charge on any atom is -0.478 e. The predicted octanol–water partition coefficient (Wildman–Crippen LogP) is 1.15. The lowest BCUT2D eigenvalue weighted by Crippen LogP contribution is -2.06. The molecule has 7 heteroatoms. The van der Waals surface area contributed by atoms with Gasteiger partial charge in [-0.05, 0) is 28.7 Å². The SMILES string of the molecule is Nc1cc(C(=O)O)cnc1-n1cc(I)cn1. The quantitative estimate of drug-likeness (QED) is 0.806. The molecular formula is C9H7IN4O2. The number of anilines is 1. The molecule has 0 aromatic carbocycles. The smallest absolute Gasteiger partial charge is 0.337 e. The molecule has 0 aliphatic heterocycles. The lowest BCUT2D eigenvalue weighted by molar-refractivity contribution is 0.0696. The molecule has 16 heavy (non-hydrogen) atoms. The molecule has 0 spiro atoms. The summed E-state index contributed by atoms with van der Waals surface area (Å²) in [7, 11) is 0. The Balaban J connectivity index is 2.47. The molecule has 3 N–H and O–H groups in total. The first kappa shape index (κ1) is 10.9. The lowest BCUT2D eigenvalue weighted by atomic mass is 10.2. The third kappa shape index (κ3) is 1.98. The van der Waals surface area contributed by atoms with Crippen LogP contribution in [-0.4, -0.2) is 25.8 Å². The number of nitrogens with two attached hydrogens (primary N) is 1. The topological polar surface area (TPSA) is 94.0 Å². The van der Waals surface area contributed by atoms with Crippen molar-refractivity contribution >= 4 is 34.2 Å². The second-order valence-electron chi connectivity index (χ2n) is 3.05. The van der Waals surface area contributed by atoms with Gasteiger partial charge in [0.2, 0.25) is 0 Å².